The van der Waals surface area contributed by atoms with E-state index in [0.29, 0.717) is 34.6 Å². The molecule has 2 heterocycles. The van der Waals surface area contributed by atoms with Gasteiger partial charge in [0.25, 0.3) is 11.8 Å². The van der Waals surface area contributed by atoms with Crippen LogP contribution in [0.5, 0.6) is 0 Å². The minimum absolute atomic E-state index is 0.139. The zero-order valence-electron chi connectivity index (χ0n) is 19.8. The van der Waals surface area contributed by atoms with Crippen LogP contribution in [-0.4, -0.2) is 62.0 Å². The Balaban J connectivity index is 0.00000176. The molecule has 3 rings (SSSR count). The van der Waals surface area contributed by atoms with Crippen LogP contribution < -0.4 is 16.0 Å². The van der Waals surface area contributed by atoms with E-state index in [4.69, 9.17) is 0 Å². The standard InChI is InChI=1S/C23H29FN4O2.CH5N/c1-6-28(7-2)11-10-25-22(29)21-14(3)19(26-15(21)4)13-18-17-12-16(24)8-9-20(17)27(5)23(18)30;1-2/h8-9,12-13,26H,6-7,10-11H2,1-5H3,(H,25,29);2H2,1H3/b18-13-;. The van der Waals surface area contributed by atoms with Crippen molar-refractivity contribution >= 4 is 29.2 Å². The van der Waals surface area contributed by atoms with Crippen LogP contribution in [0.3, 0.4) is 0 Å². The number of aromatic nitrogens is 1. The molecule has 1 aliphatic heterocycles. The Hall–Kier alpha value is -2.97. The number of H-pyrrole nitrogens is 1. The van der Waals surface area contributed by atoms with Crippen molar-refractivity contribution in [2.45, 2.75) is 27.7 Å². The van der Waals surface area contributed by atoms with E-state index < -0.39 is 5.82 Å². The number of fused-ring (bicyclic) bond motifs is 1. The van der Waals surface area contributed by atoms with Crippen LogP contribution in [0, 0.1) is 19.7 Å². The summed E-state index contributed by atoms with van der Waals surface area (Å²) in [6, 6.07) is 4.32. The van der Waals surface area contributed by atoms with Gasteiger partial charge < -0.3 is 25.8 Å². The number of nitrogens with zero attached hydrogens (tertiary/aromatic N) is 2. The number of hydrogen-bond acceptors (Lipinski definition) is 4. The molecule has 4 N–H and O–H groups in total. The number of benzene rings is 1. The molecule has 8 heteroatoms. The molecule has 0 unspecified atom stereocenters. The van der Waals surface area contributed by atoms with E-state index in [1.807, 2.05) is 13.8 Å². The topological polar surface area (TPSA) is 94.5 Å². The Morgan fingerprint density at radius 3 is 2.53 bits per heavy atom. The summed E-state index contributed by atoms with van der Waals surface area (Å²) < 4.78 is 13.8. The Morgan fingerprint density at radius 2 is 1.91 bits per heavy atom. The number of aryl methyl sites for hydroxylation is 1. The molecule has 0 atom stereocenters. The van der Waals surface area contributed by atoms with Gasteiger partial charge in [0.2, 0.25) is 0 Å². The van der Waals surface area contributed by atoms with Gasteiger partial charge >= 0.3 is 0 Å². The van der Waals surface area contributed by atoms with Gasteiger partial charge in [-0.3, -0.25) is 9.59 Å². The Morgan fingerprint density at radius 1 is 1.25 bits per heavy atom. The normalized spacial score (nSPS) is 14.0. The average Bonchev–Trinajstić information content (AvgIpc) is 3.19. The van der Waals surface area contributed by atoms with Crippen LogP contribution in [0.1, 0.15) is 46.7 Å². The summed E-state index contributed by atoms with van der Waals surface area (Å²) in [5.41, 5.74) is 8.89. The van der Waals surface area contributed by atoms with Crippen LogP contribution in [0.15, 0.2) is 18.2 Å². The van der Waals surface area contributed by atoms with Gasteiger partial charge in [-0.1, -0.05) is 13.8 Å². The smallest absolute Gasteiger partial charge is 0.258 e. The van der Waals surface area contributed by atoms with Gasteiger partial charge in [0.15, 0.2) is 0 Å². The summed E-state index contributed by atoms with van der Waals surface area (Å²) in [6.07, 6.45) is 1.71. The first-order valence-electron chi connectivity index (χ1n) is 10.9. The molecule has 1 aromatic heterocycles. The first-order chi connectivity index (χ1) is 15.3. The minimum Gasteiger partial charge on any atom is -0.358 e. The molecule has 32 heavy (non-hydrogen) atoms. The monoisotopic (exact) mass is 443 g/mol. The number of hydrogen-bond donors (Lipinski definition) is 3. The Kier molecular flexibility index (Phi) is 8.74. The fraction of sp³-hybridized carbons (Fsp3) is 0.417. The van der Waals surface area contributed by atoms with Gasteiger partial charge in [-0.05, 0) is 63.8 Å². The Bertz CT molecular complexity index is 1010. The molecule has 0 spiro atoms. The van der Waals surface area contributed by atoms with Crippen LogP contribution >= 0.6 is 0 Å². The zero-order valence-corrected chi connectivity index (χ0v) is 19.8. The lowest BCUT2D eigenvalue weighted by molar-refractivity contribution is -0.112. The number of carbonyl (C=O) groups excluding carboxylic acids is 2. The molecule has 0 fully saturated rings. The SMILES string of the molecule is CCN(CC)CCNC(=O)c1c(C)[nH]c(/C=C2\C(=O)N(C)c3ccc(F)cc32)c1C.CN. The van der Waals surface area contributed by atoms with Crippen LogP contribution in [0.4, 0.5) is 10.1 Å². The van der Waals surface area contributed by atoms with E-state index in [-0.39, 0.29) is 11.8 Å². The quantitative estimate of drug-likeness (QED) is 0.574. The fourth-order valence-electron chi connectivity index (χ4n) is 3.92. The molecule has 0 radical (unpaired) electrons. The van der Waals surface area contributed by atoms with Gasteiger partial charge in [0, 0.05) is 37.1 Å². The third kappa shape index (κ3) is 5.08. The number of anilines is 1. The van der Waals surface area contributed by atoms with E-state index in [9.17, 15) is 14.0 Å². The third-order valence-corrected chi connectivity index (χ3v) is 5.75. The van der Waals surface area contributed by atoms with Crippen molar-refractivity contribution in [3.05, 3.63) is 52.1 Å². The van der Waals surface area contributed by atoms with Crippen molar-refractivity contribution in [3.63, 3.8) is 0 Å². The van der Waals surface area contributed by atoms with Crippen LogP contribution in [0.2, 0.25) is 0 Å². The first kappa shape index (κ1) is 25.3. The van der Waals surface area contributed by atoms with Crippen molar-refractivity contribution in [1.82, 2.24) is 15.2 Å². The highest BCUT2D eigenvalue weighted by atomic mass is 19.1. The highest BCUT2D eigenvalue weighted by Gasteiger charge is 2.30. The highest BCUT2D eigenvalue weighted by molar-refractivity contribution is 6.35. The predicted molar refractivity (Wildman–Crippen MR) is 128 cm³/mol. The van der Waals surface area contributed by atoms with Crippen LogP contribution in [-0.2, 0) is 4.79 Å². The lowest BCUT2D eigenvalue weighted by Crippen LogP contribution is -2.35. The number of carbonyl (C=O) groups is 2. The third-order valence-electron chi connectivity index (χ3n) is 5.75. The van der Waals surface area contributed by atoms with Gasteiger partial charge in [-0.15, -0.1) is 0 Å². The molecule has 1 aliphatic rings. The van der Waals surface area contributed by atoms with E-state index in [1.165, 1.54) is 24.1 Å². The molecule has 0 saturated carbocycles. The van der Waals surface area contributed by atoms with E-state index >= 15 is 0 Å². The lowest BCUT2D eigenvalue weighted by atomic mass is 10.0. The second-order valence-corrected chi connectivity index (χ2v) is 7.53. The minimum atomic E-state index is -0.393. The highest BCUT2D eigenvalue weighted by Crippen LogP contribution is 2.37. The van der Waals surface area contributed by atoms with E-state index in [2.05, 4.69) is 34.8 Å². The number of amides is 2. The predicted octanol–water partition coefficient (Wildman–Crippen LogP) is 2.93. The van der Waals surface area contributed by atoms with Gasteiger partial charge in [0.05, 0.1) is 16.8 Å². The Labute approximate surface area is 189 Å². The van der Waals surface area contributed by atoms with Crippen molar-refractivity contribution in [1.29, 1.82) is 0 Å². The molecule has 0 bridgehead atoms. The summed E-state index contributed by atoms with van der Waals surface area (Å²) in [5, 5.41) is 2.98. The lowest BCUT2D eigenvalue weighted by Gasteiger charge is -2.18. The molecule has 1 aromatic carbocycles. The maximum Gasteiger partial charge on any atom is 0.258 e. The summed E-state index contributed by atoms with van der Waals surface area (Å²) in [7, 11) is 3.17. The van der Waals surface area contributed by atoms with Crippen molar-refractivity contribution in [2.24, 2.45) is 5.73 Å². The van der Waals surface area contributed by atoms with Crippen molar-refractivity contribution in [3.8, 4) is 0 Å². The summed E-state index contributed by atoms with van der Waals surface area (Å²) >= 11 is 0. The van der Waals surface area contributed by atoms with Crippen molar-refractivity contribution < 1.29 is 14.0 Å². The molecule has 2 aromatic rings. The first-order valence-corrected chi connectivity index (χ1v) is 10.9. The van der Waals surface area contributed by atoms with Crippen molar-refractivity contribution in [2.75, 3.05) is 45.2 Å². The van der Waals surface area contributed by atoms with E-state index in [1.54, 1.807) is 19.2 Å². The van der Waals surface area contributed by atoms with Gasteiger partial charge in [-0.2, -0.15) is 0 Å². The zero-order chi connectivity index (χ0) is 24.0. The number of nitrogens with one attached hydrogen (secondary N) is 2. The molecule has 0 aliphatic carbocycles. The maximum absolute atomic E-state index is 13.8. The molecular formula is C24H34FN5O2. The number of likely N-dealkylation sites (N-methyl/N-ethyl adjacent to an activating group) is 2. The summed E-state index contributed by atoms with van der Waals surface area (Å²) in [6.45, 7) is 11.1. The average molecular weight is 444 g/mol. The second kappa shape index (κ2) is 11.1. The molecule has 0 saturated heterocycles. The molecule has 174 valence electrons. The number of aromatic amines is 1. The largest absolute Gasteiger partial charge is 0.358 e. The second-order valence-electron chi connectivity index (χ2n) is 7.53. The van der Waals surface area contributed by atoms with Gasteiger partial charge in [0.1, 0.15) is 5.82 Å². The van der Waals surface area contributed by atoms with Crippen LogP contribution in [0.25, 0.3) is 11.6 Å². The van der Waals surface area contributed by atoms with E-state index in [0.717, 1.165) is 30.9 Å². The fourth-order valence-corrected chi connectivity index (χ4v) is 3.92. The number of halogens is 1. The molecule has 2 amide bonds. The molecular weight excluding hydrogens is 409 g/mol. The number of nitrogens with two attached hydrogens (primary N) is 1. The summed E-state index contributed by atoms with van der Waals surface area (Å²) in [5.74, 6) is -0.734. The molecule has 7 nitrogen and oxygen atoms in total. The summed E-state index contributed by atoms with van der Waals surface area (Å²) in [4.78, 5) is 32.4. The van der Waals surface area contributed by atoms with Gasteiger partial charge in [-0.25, -0.2) is 4.39 Å². The maximum atomic E-state index is 13.8. The number of rotatable bonds is 7.